The van der Waals surface area contributed by atoms with Gasteiger partial charge in [0, 0.05) is 51.3 Å². The highest BCUT2D eigenvalue weighted by Gasteiger charge is 2.38. The number of nitrogens with one attached hydrogen (secondary N) is 1. The number of carboxylic acids is 2. The van der Waals surface area contributed by atoms with E-state index in [1.807, 2.05) is 0 Å². The highest BCUT2D eigenvalue weighted by molar-refractivity contribution is 6.25. The number of hydrogen-bond acceptors (Lipinski definition) is 7. The lowest BCUT2D eigenvalue weighted by atomic mass is 9.86. The van der Waals surface area contributed by atoms with E-state index in [1.54, 1.807) is 19.2 Å². The minimum Gasteiger partial charge on any atom is -0.478 e. The van der Waals surface area contributed by atoms with Gasteiger partial charge in [0.15, 0.2) is 11.6 Å². The van der Waals surface area contributed by atoms with Gasteiger partial charge in [-0.1, -0.05) is 25.3 Å². The fourth-order valence-electron chi connectivity index (χ4n) is 5.50. The van der Waals surface area contributed by atoms with Gasteiger partial charge in [-0.2, -0.15) is 13.2 Å². The summed E-state index contributed by atoms with van der Waals surface area (Å²) in [7, 11) is 1.66. The molecule has 0 aliphatic heterocycles. The van der Waals surface area contributed by atoms with Crippen molar-refractivity contribution >= 4 is 35.3 Å². The molecule has 13 heteroatoms. The Morgan fingerprint density at radius 2 is 1.70 bits per heavy atom. The van der Waals surface area contributed by atoms with Crippen LogP contribution in [-0.2, 0) is 33.8 Å². The maximum Gasteiger partial charge on any atom is 0.490 e. The van der Waals surface area contributed by atoms with Crippen LogP contribution in [0.15, 0.2) is 35.9 Å². The number of alkyl halides is 3. The number of aliphatic carboxylic acids is 1. The van der Waals surface area contributed by atoms with Crippen molar-refractivity contribution in [1.82, 2.24) is 4.90 Å². The summed E-state index contributed by atoms with van der Waals surface area (Å²) in [5, 5.41) is 19.6. The number of ketones is 2. The molecular formula is C31H35F4N3O6. The number of carbonyl (C=O) groups is 4. The maximum absolute atomic E-state index is 14.1. The summed E-state index contributed by atoms with van der Waals surface area (Å²) >= 11 is 0. The molecule has 4 rings (SSSR count). The lowest BCUT2D eigenvalue weighted by Crippen LogP contribution is -2.39. The predicted molar refractivity (Wildman–Crippen MR) is 155 cm³/mol. The molecule has 0 heterocycles. The van der Waals surface area contributed by atoms with Crippen molar-refractivity contribution in [1.29, 1.82) is 0 Å². The Kier molecular flexibility index (Phi) is 11.8. The third-order valence-electron chi connectivity index (χ3n) is 7.68. The third kappa shape index (κ3) is 8.96. The van der Waals surface area contributed by atoms with Crippen LogP contribution in [0.2, 0.25) is 0 Å². The number of carboxylic acid groups (broad SMARTS) is 2. The van der Waals surface area contributed by atoms with E-state index in [-0.39, 0.29) is 35.5 Å². The van der Waals surface area contributed by atoms with Gasteiger partial charge in [0.2, 0.25) is 0 Å². The highest BCUT2D eigenvalue weighted by atomic mass is 19.4. The largest absolute Gasteiger partial charge is 0.490 e. The number of nitrogens with two attached hydrogens (primary N) is 1. The molecule has 44 heavy (non-hydrogen) atoms. The zero-order chi connectivity index (χ0) is 32.6. The van der Waals surface area contributed by atoms with Gasteiger partial charge in [0.1, 0.15) is 5.82 Å². The van der Waals surface area contributed by atoms with E-state index < -0.39 is 23.9 Å². The molecule has 0 atom stereocenters. The first-order valence-electron chi connectivity index (χ1n) is 14.1. The molecule has 5 N–H and O–H groups in total. The number of hydrogen-bond donors (Lipinski definition) is 4. The standard InChI is InChI=1S/C29H34FN3O4.C2HF3O2/c1-32-26-15-22(30)12-20-13-25(28(35)16-24(20)26)27(34)14-18-7-8-19(29(36)37)11-21(18)17-33(10-9-31)23-5-3-2-4-6-23;3-2(4,5)1(6)7/h7-8,11-13,15,23,32H,2-6,9-10,14,16-17,31H2,1H3,(H,36,37);(H,6,7). The highest BCUT2D eigenvalue weighted by Crippen LogP contribution is 2.31. The molecular weight excluding hydrogens is 586 g/mol. The molecule has 0 radical (unpaired) electrons. The summed E-state index contributed by atoms with van der Waals surface area (Å²) in [4.78, 5) is 49.2. The lowest BCUT2D eigenvalue weighted by molar-refractivity contribution is -0.192. The van der Waals surface area contributed by atoms with Gasteiger partial charge in [-0.3, -0.25) is 14.5 Å². The summed E-state index contributed by atoms with van der Waals surface area (Å²) in [6.45, 7) is 1.64. The van der Waals surface area contributed by atoms with Crippen molar-refractivity contribution in [3.8, 4) is 0 Å². The average molecular weight is 622 g/mol. The molecule has 0 bridgehead atoms. The Morgan fingerprint density at radius 1 is 1.05 bits per heavy atom. The van der Waals surface area contributed by atoms with Gasteiger partial charge in [0.25, 0.3) is 0 Å². The number of fused-ring (bicyclic) bond motifs is 1. The molecule has 9 nitrogen and oxygen atoms in total. The van der Waals surface area contributed by atoms with Crippen LogP contribution >= 0.6 is 0 Å². The fraction of sp³-hybridized carbons (Fsp3) is 0.419. The Balaban J connectivity index is 0.000000676. The van der Waals surface area contributed by atoms with Gasteiger partial charge in [-0.15, -0.1) is 0 Å². The van der Waals surface area contributed by atoms with E-state index in [0.717, 1.165) is 31.2 Å². The number of Topliss-reactive ketones (excluding diaryl/α,β-unsaturated/α-hetero) is 2. The SMILES string of the molecule is CNc1cc(F)cc2c1CC(=O)C(C(=O)Cc1ccc(C(=O)O)cc1CN(CCN)C1CCCCC1)=C2.O=C(O)C(F)(F)F. The summed E-state index contributed by atoms with van der Waals surface area (Å²) in [6, 6.07) is 7.81. The van der Waals surface area contributed by atoms with Crippen LogP contribution in [0.5, 0.6) is 0 Å². The van der Waals surface area contributed by atoms with Crippen LogP contribution in [0.25, 0.3) is 6.08 Å². The fourth-order valence-corrected chi connectivity index (χ4v) is 5.50. The second kappa shape index (κ2) is 15.1. The number of benzene rings is 2. The van der Waals surface area contributed by atoms with E-state index in [1.165, 1.54) is 30.7 Å². The Hall–Kier alpha value is -4.10. The van der Waals surface area contributed by atoms with Crippen LogP contribution in [0, 0.1) is 5.82 Å². The van der Waals surface area contributed by atoms with Gasteiger partial charge >= 0.3 is 18.1 Å². The number of rotatable bonds is 10. The molecule has 0 unspecified atom stereocenters. The van der Waals surface area contributed by atoms with E-state index in [9.17, 15) is 37.1 Å². The van der Waals surface area contributed by atoms with Crippen LogP contribution in [0.3, 0.4) is 0 Å². The first kappa shape index (κ1) is 34.4. The monoisotopic (exact) mass is 621 g/mol. The maximum atomic E-state index is 14.1. The first-order valence-corrected chi connectivity index (χ1v) is 14.1. The van der Waals surface area contributed by atoms with Gasteiger partial charge in [-0.05, 0) is 65.4 Å². The topological polar surface area (TPSA) is 150 Å². The number of carbonyl (C=O) groups excluding carboxylic acids is 2. The molecule has 1 saturated carbocycles. The van der Waals surface area contributed by atoms with E-state index in [4.69, 9.17) is 15.6 Å². The van der Waals surface area contributed by atoms with Crippen LogP contribution in [0.1, 0.15) is 64.7 Å². The number of anilines is 1. The second-order valence-corrected chi connectivity index (χ2v) is 10.7. The molecule has 0 saturated heterocycles. The zero-order valence-corrected chi connectivity index (χ0v) is 24.2. The van der Waals surface area contributed by atoms with Crippen molar-refractivity contribution in [2.45, 2.75) is 63.7 Å². The first-order chi connectivity index (χ1) is 20.7. The van der Waals surface area contributed by atoms with Gasteiger partial charge in [-0.25, -0.2) is 14.0 Å². The van der Waals surface area contributed by atoms with Gasteiger partial charge < -0.3 is 21.3 Å². The summed E-state index contributed by atoms with van der Waals surface area (Å²) in [5.74, 6) is -4.91. The van der Waals surface area contributed by atoms with Crippen molar-refractivity contribution in [2.75, 3.05) is 25.5 Å². The number of halogens is 4. The van der Waals surface area contributed by atoms with Crippen LogP contribution < -0.4 is 11.1 Å². The van der Waals surface area contributed by atoms with E-state index in [0.29, 0.717) is 48.1 Å². The minimum atomic E-state index is -5.08. The van der Waals surface area contributed by atoms with Crippen molar-refractivity contribution < 1.29 is 47.0 Å². The van der Waals surface area contributed by atoms with Crippen molar-refractivity contribution in [3.63, 3.8) is 0 Å². The zero-order valence-electron chi connectivity index (χ0n) is 24.2. The summed E-state index contributed by atoms with van der Waals surface area (Å²) in [5.41, 5.74) is 9.24. The molecule has 0 aromatic heterocycles. The Labute approximate surface area is 251 Å². The molecule has 2 aliphatic rings. The average Bonchev–Trinajstić information content (AvgIpc) is 2.97. The van der Waals surface area contributed by atoms with E-state index in [2.05, 4.69) is 10.2 Å². The number of allylic oxidation sites excluding steroid dienone is 1. The molecule has 238 valence electrons. The quantitative estimate of drug-likeness (QED) is 0.220. The van der Waals surface area contributed by atoms with Crippen LogP contribution in [0.4, 0.5) is 23.2 Å². The number of aromatic carboxylic acids is 1. The summed E-state index contributed by atoms with van der Waals surface area (Å²) < 4.78 is 45.8. The van der Waals surface area contributed by atoms with E-state index >= 15 is 0 Å². The Morgan fingerprint density at radius 3 is 2.27 bits per heavy atom. The molecule has 2 aliphatic carbocycles. The smallest absolute Gasteiger partial charge is 0.478 e. The minimum absolute atomic E-state index is 0.0140. The normalized spacial score (nSPS) is 15.2. The Bertz CT molecular complexity index is 1430. The second-order valence-electron chi connectivity index (χ2n) is 10.7. The lowest BCUT2D eigenvalue weighted by Gasteiger charge is -2.34. The molecule has 0 amide bonds. The molecule has 2 aromatic carbocycles. The van der Waals surface area contributed by atoms with Crippen molar-refractivity contribution in [3.05, 3.63) is 69.5 Å². The predicted octanol–water partition coefficient (Wildman–Crippen LogP) is 4.61. The summed E-state index contributed by atoms with van der Waals surface area (Å²) in [6.07, 6.45) is 2.02. The van der Waals surface area contributed by atoms with Crippen molar-refractivity contribution in [2.24, 2.45) is 5.73 Å². The van der Waals surface area contributed by atoms with Gasteiger partial charge in [0.05, 0.1) is 11.1 Å². The number of nitrogens with zero attached hydrogens (tertiary/aromatic N) is 1. The van der Waals surface area contributed by atoms with Crippen LogP contribution in [-0.4, -0.2) is 71.0 Å². The third-order valence-corrected chi connectivity index (χ3v) is 7.68. The molecule has 1 fully saturated rings. The molecule has 2 aromatic rings. The molecule has 0 spiro atoms.